The molecule has 0 radical (unpaired) electrons. The smallest absolute Gasteiger partial charge is 0.314 e. The highest BCUT2D eigenvalue weighted by atomic mass is 35.5. The van der Waals surface area contributed by atoms with Crippen molar-refractivity contribution < 1.29 is 65.1 Å². The third kappa shape index (κ3) is 17.9. The molecule has 10 amide bonds. The van der Waals surface area contributed by atoms with Gasteiger partial charge in [-0.1, -0.05) is 80.7 Å². The Bertz CT molecular complexity index is 5150. The van der Waals surface area contributed by atoms with E-state index in [1.54, 1.807) is 66.2 Å². The van der Waals surface area contributed by atoms with Crippen LogP contribution in [-0.2, 0) is 64.5 Å². The van der Waals surface area contributed by atoms with E-state index in [1.165, 1.54) is 34.1 Å². The summed E-state index contributed by atoms with van der Waals surface area (Å²) in [5.41, 5.74) is 3.73. The summed E-state index contributed by atoms with van der Waals surface area (Å²) in [5.74, 6) is -1.23. The van der Waals surface area contributed by atoms with E-state index in [0.717, 1.165) is 119 Å². The van der Waals surface area contributed by atoms with Crippen molar-refractivity contribution in [2.75, 3.05) is 93.2 Å². The van der Waals surface area contributed by atoms with Crippen molar-refractivity contribution in [2.45, 2.75) is 191 Å². The Morgan fingerprint density at radius 2 is 0.744 bits per heavy atom. The number of anilines is 3. The molecule has 8 saturated heterocycles. The van der Waals surface area contributed by atoms with Gasteiger partial charge in [0.25, 0.3) is 23.6 Å². The van der Waals surface area contributed by atoms with Gasteiger partial charge in [0.05, 0.1) is 57.4 Å². The molecule has 0 unspecified atom stereocenters. The number of primary amides is 1. The molecule has 125 heavy (non-hydrogen) atoms. The Morgan fingerprint density at radius 1 is 0.416 bits per heavy atom. The van der Waals surface area contributed by atoms with Crippen LogP contribution in [0.5, 0.6) is 0 Å². The van der Waals surface area contributed by atoms with Gasteiger partial charge >= 0.3 is 6.03 Å². The summed E-state index contributed by atoms with van der Waals surface area (Å²) >= 11 is 11.9. The van der Waals surface area contributed by atoms with Crippen LogP contribution >= 0.6 is 23.2 Å². The number of carbonyl (C=O) groups excluding carboxylic acids is 9. The van der Waals surface area contributed by atoms with Crippen LogP contribution in [0.4, 0.5) is 44.2 Å². The quantitative estimate of drug-likeness (QED) is 0.0879. The van der Waals surface area contributed by atoms with Crippen molar-refractivity contribution in [3.8, 4) is 0 Å². The fraction of sp³-hybridized carbons (Fsp3) is 0.500. The maximum atomic E-state index is 13.9. The van der Waals surface area contributed by atoms with Crippen molar-refractivity contribution in [1.82, 2.24) is 74.7 Å². The van der Waals surface area contributed by atoms with Crippen LogP contribution < -0.4 is 20.4 Å². The Hall–Kier alpha value is -11.2. The van der Waals surface area contributed by atoms with E-state index in [4.69, 9.17) is 28.9 Å². The predicted octanol–water partition coefficient (Wildman–Crippen LogP) is 10.2. The fourth-order valence-corrected chi connectivity index (χ4v) is 20.1. The minimum Gasteiger partial charge on any atom is -0.351 e. The topological polar surface area (TPSA) is 296 Å². The summed E-state index contributed by atoms with van der Waals surface area (Å²) in [6, 6.07) is 29.2. The molecule has 0 atom stereocenters. The number of hydrogen-bond acceptors (Lipinski definition) is 18. The number of halogens is 7. The molecule has 3 aromatic heterocycles. The summed E-state index contributed by atoms with van der Waals surface area (Å²) in [6.07, 6.45) is 17.7. The first kappa shape index (κ1) is 88.6. The molecule has 2 N–H and O–H groups in total. The molecule has 11 aliphatic rings. The van der Waals surface area contributed by atoms with Gasteiger partial charge in [-0.2, -0.15) is 15.3 Å². The van der Waals surface area contributed by atoms with Crippen molar-refractivity contribution in [3.05, 3.63) is 195 Å². The lowest BCUT2D eigenvalue weighted by Crippen LogP contribution is -2.82. The molecule has 3 saturated carbocycles. The molecule has 11 fully saturated rings. The van der Waals surface area contributed by atoms with E-state index in [2.05, 4.69) is 51.4 Å². The second kappa shape index (κ2) is 36.8. The maximum Gasteiger partial charge on any atom is 0.314 e. The van der Waals surface area contributed by atoms with E-state index >= 15 is 0 Å². The number of nitrogens with zero attached hydrogens (tertiary/aromatic N) is 18. The highest BCUT2D eigenvalue weighted by Crippen LogP contribution is 2.45. The van der Waals surface area contributed by atoms with Crippen LogP contribution in [0.25, 0.3) is 0 Å². The first-order chi connectivity index (χ1) is 59.9. The van der Waals surface area contributed by atoms with Crippen LogP contribution in [0.1, 0.15) is 140 Å². The fourth-order valence-electron chi connectivity index (χ4n) is 19.8. The SMILES string of the molecule is CC(C)N1CC(=O)N(Cc2ccc(F)c(Cl)c2)C2(CN(c3cccnn3)C2)C1=O.CC1CCC(N2CC(=O)N(Cc3ccc(Cl)cc3)C3(CN(c4cccnn4)C3)C2=O)CC1.CC1CCC(N2CC(=O)N(Cc3ccc(F)c(F)c3)C3(CN(c4cccnn4)C3)C2=O)CC1.CCC1CCC(N2CC(=O)N(Cc3ccc(F)c(F)c3)C3(CN(C(N)=O)C3)C2=O)CC1. The molecule has 3 aliphatic carbocycles. The maximum absolute atomic E-state index is 13.9. The largest absolute Gasteiger partial charge is 0.351 e. The lowest BCUT2D eigenvalue weighted by molar-refractivity contribution is -0.179. The van der Waals surface area contributed by atoms with Gasteiger partial charge in [-0.3, -0.25) is 38.4 Å². The van der Waals surface area contributed by atoms with Crippen molar-refractivity contribution in [3.63, 3.8) is 0 Å². The normalized spacial score (nSPS) is 23.7. The van der Waals surface area contributed by atoms with Crippen molar-refractivity contribution in [1.29, 1.82) is 0 Å². The summed E-state index contributed by atoms with van der Waals surface area (Å²) < 4.78 is 67.8. The molecular weight excluding hydrogens is 1660 g/mol. The molecular formula is C90H104Cl2F5N19O9. The number of nitrogens with two attached hydrogens (primary N) is 1. The standard InChI is InChI=1S/C24H28ClN5O2.C24H27F2N5O2.C22H28F2N4O3.C20H21ClFN5O2/c1-17-4-10-20(11-5-17)29-14-22(31)30(13-18-6-8-19(25)9-7-18)24(23(29)32)15-28(16-24)21-3-2-12-26-27-21;1-16-4-7-18(8-5-16)30-13-22(32)31(12-17-6-9-19(25)20(26)11-17)24(23(30)33)14-29(15-24)21-3-2-10-27-28-21;1-2-14-3-6-16(7-4-14)27-11-19(29)28(10-15-5-8-17(23)18(24)9-15)22(20(27)30)12-26(13-22)21(25)31;1-13(2)26-10-18(28)27(9-14-5-6-16(22)15(21)8-14)20(19(26)29)11-25(12-20)17-4-3-7-23-24-17/h2-3,6-9,12,17,20H,4-5,10-11,13-16H2,1H3;2-3,6,9-11,16,18H,4-5,7-8,12-15H2,1H3;5,8-9,14,16H,2-4,6-7,10-13H2,1H3,(H2,25,31);3-8,13H,9-12H2,1-2H3. The van der Waals surface area contributed by atoms with Crippen LogP contribution in [0.3, 0.4) is 0 Å². The molecule has 7 aromatic rings. The van der Waals surface area contributed by atoms with Gasteiger partial charge in [-0.15, -0.1) is 15.3 Å². The number of amides is 10. The third-order valence-corrected chi connectivity index (χ3v) is 27.8. The zero-order chi connectivity index (χ0) is 88.6. The highest BCUT2D eigenvalue weighted by Gasteiger charge is 2.65. The minimum atomic E-state index is -1.21. The Morgan fingerprint density at radius 3 is 1.08 bits per heavy atom. The lowest BCUT2D eigenvalue weighted by Gasteiger charge is -2.59. The monoisotopic (exact) mass is 1760 g/mol. The number of benzene rings is 4. The van der Waals surface area contributed by atoms with Crippen LogP contribution in [0, 0.1) is 46.8 Å². The average molecular weight is 1760 g/mol. The molecule has 18 rings (SSSR count). The summed E-state index contributed by atoms with van der Waals surface area (Å²) in [7, 11) is 0. The van der Waals surface area contributed by atoms with Gasteiger partial charge in [0.2, 0.25) is 23.6 Å². The van der Waals surface area contributed by atoms with Gasteiger partial charge in [0.15, 0.2) is 62.9 Å². The lowest BCUT2D eigenvalue weighted by atomic mass is 9.80. The van der Waals surface area contributed by atoms with Gasteiger partial charge in [0, 0.05) is 74.0 Å². The molecule has 4 spiro atoms. The van der Waals surface area contributed by atoms with Gasteiger partial charge in [0.1, 0.15) is 32.0 Å². The first-order valence-electron chi connectivity index (χ1n) is 43.0. The number of aromatic nitrogens is 6. The zero-order valence-corrected chi connectivity index (χ0v) is 72.2. The number of piperazine rings is 4. The number of hydrogen-bond donors (Lipinski definition) is 1. The summed E-state index contributed by atoms with van der Waals surface area (Å²) in [5, 5.41) is 24.8. The number of carbonyl (C=O) groups is 9. The average Bonchev–Trinajstić information content (AvgIpc) is 0.728. The second-order valence-corrected chi connectivity index (χ2v) is 36.5. The number of likely N-dealkylation sites (tertiary alicyclic amines) is 1. The Kier molecular flexibility index (Phi) is 26.1. The van der Waals surface area contributed by atoms with E-state index in [1.807, 2.05) is 82.0 Å². The molecule has 11 heterocycles. The van der Waals surface area contributed by atoms with Crippen LogP contribution in [0.15, 0.2) is 134 Å². The van der Waals surface area contributed by atoms with E-state index < -0.39 is 57.3 Å². The van der Waals surface area contributed by atoms with Crippen molar-refractivity contribution >= 4 is 93.9 Å². The Balaban J connectivity index is 0.000000129. The summed E-state index contributed by atoms with van der Waals surface area (Å²) in [6.45, 7) is 13.3. The first-order valence-corrected chi connectivity index (χ1v) is 43.8. The highest BCUT2D eigenvalue weighted by molar-refractivity contribution is 6.31. The van der Waals surface area contributed by atoms with Crippen LogP contribution in [-0.4, -0.2) is 253 Å². The van der Waals surface area contributed by atoms with Gasteiger partial charge in [-0.05, 0) is 216 Å². The molecule has 28 nitrogen and oxygen atoms in total. The van der Waals surface area contributed by atoms with Crippen molar-refractivity contribution in [2.24, 2.45) is 23.5 Å². The Labute approximate surface area is 732 Å². The molecule has 662 valence electrons. The van der Waals surface area contributed by atoms with E-state index in [-0.39, 0.29) is 135 Å². The molecule has 4 aromatic carbocycles. The van der Waals surface area contributed by atoms with E-state index in [9.17, 15) is 65.1 Å². The molecule has 8 aliphatic heterocycles. The number of urea groups is 1. The predicted molar refractivity (Wildman–Crippen MR) is 453 cm³/mol. The van der Waals surface area contributed by atoms with E-state index in [0.29, 0.717) is 96.9 Å². The number of rotatable bonds is 16. The van der Waals surface area contributed by atoms with Gasteiger partial charge in [-0.25, -0.2) is 26.7 Å². The summed E-state index contributed by atoms with van der Waals surface area (Å²) in [4.78, 5) is 140. The van der Waals surface area contributed by atoms with Crippen LogP contribution in [0.2, 0.25) is 10.0 Å². The molecule has 0 bridgehead atoms. The minimum absolute atomic E-state index is 0.00386. The zero-order valence-electron chi connectivity index (χ0n) is 70.7. The van der Waals surface area contributed by atoms with Gasteiger partial charge < -0.3 is 64.5 Å². The molecule has 35 heteroatoms. The second-order valence-electron chi connectivity index (χ2n) is 35.7. The third-order valence-electron chi connectivity index (χ3n) is 27.2.